The van der Waals surface area contributed by atoms with Crippen LogP contribution in [0.15, 0.2) is 76.6 Å². The first-order chi connectivity index (χ1) is 21.0. The molecule has 0 unspecified atom stereocenters. The van der Waals surface area contributed by atoms with Gasteiger partial charge in [-0.05, 0) is 85.7 Å². The van der Waals surface area contributed by atoms with Crippen molar-refractivity contribution in [3.05, 3.63) is 100 Å². The van der Waals surface area contributed by atoms with Crippen molar-refractivity contribution in [2.24, 2.45) is 0 Å². The molecular formula is C30H25F3N4O5S2. The number of carboxylic acids is 1. The van der Waals surface area contributed by atoms with E-state index >= 15 is 4.39 Å². The summed E-state index contributed by atoms with van der Waals surface area (Å²) in [6.45, 7) is 0.856. The van der Waals surface area contributed by atoms with Gasteiger partial charge in [-0.25, -0.2) is 30.7 Å². The molecule has 9 nitrogen and oxygen atoms in total. The molecule has 1 aliphatic carbocycles. The summed E-state index contributed by atoms with van der Waals surface area (Å²) in [6.07, 6.45) is 2.94. The zero-order chi connectivity index (χ0) is 31.3. The van der Waals surface area contributed by atoms with Crippen LogP contribution in [-0.4, -0.2) is 60.3 Å². The summed E-state index contributed by atoms with van der Waals surface area (Å²) >= 11 is 5.66. The molecule has 0 atom stereocenters. The van der Waals surface area contributed by atoms with Crippen molar-refractivity contribution in [3.63, 3.8) is 0 Å². The number of fused-ring (bicyclic) bond motifs is 1. The topological polar surface area (TPSA) is 103 Å². The first kappa shape index (κ1) is 29.6. The van der Waals surface area contributed by atoms with Crippen molar-refractivity contribution in [1.29, 1.82) is 0 Å². The van der Waals surface area contributed by atoms with E-state index in [2.05, 4.69) is 0 Å². The van der Waals surface area contributed by atoms with Crippen LogP contribution in [0, 0.1) is 17.5 Å². The van der Waals surface area contributed by atoms with Gasteiger partial charge < -0.3 is 19.5 Å². The fourth-order valence-electron chi connectivity index (χ4n) is 5.32. The molecule has 2 heterocycles. The molecule has 2 fully saturated rings. The van der Waals surface area contributed by atoms with Crippen molar-refractivity contribution in [3.8, 4) is 0 Å². The lowest BCUT2D eigenvalue weighted by molar-refractivity contribution is 0.0694. The molecular weight excluding hydrogens is 617 g/mol. The van der Waals surface area contributed by atoms with E-state index in [4.69, 9.17) is 12.2 Å². The van der Waals surface area contributed by atoms with Crippen LogP contribution in [0.5, 0.6) is 0 Å². The van der Waals surface area contributed by atoms with Gasteiger partial charge in [0.15, 0.2) is 5.11 Å². The van der Waals surface area contributed by atoms with Gasteiger partial charge in [-0.15, -0.1) is 0 Å². The molecule has 0 radical (unpaired) electrons. The number of carbonyl (C=O) groups is 1. The second-order valence-corrected chi connectivity index (χ2v) is 12.7. The Morgan fingerprint density at radius 3 is 2.07 bits per heavy atom. The number of hydrogen-bond acceptors (Lipinski definition) is 6. The highest BCUT2D eigenvalue weighted by molar-refractivity contribution is 7.95. The van der Waals surface area contributed by atoms with Crippen molar-refractivity contribution >= 4 is 55.6 Å². The monoisotopic (exact) mass is 642 g/mol. The first-order valence-electron chi connectivity index (χ1n) is 13.7. The summed E-state index contributed by atoms with van der Waals surface area (Å²) in [7, 11) is -4.34. The average Bonchev–Trinajstić information content (AvgIpc) is 3.84. The highest BCUT2D eigenvalue weighted by atomic mass is 32.2. The number of aromatic nitrogens is 1. The molecule has 14 heteroatoms. The lowest BCUT2D eigenvalue weighted by Gasteiger charge is -2.40. The summed E-state index contributed by atoms with van der Waals surface area (Å²) in [5, 5.41) is 9.39. The third kappa shape index (κ3) is 5.39. The van der Waals surface area contributed by atoms with Crippen molar-refractivity contribution in [1.82, 2.24) is 9.47 Å². The second kappa shape index (κ2) is 11.2. The zero-order valence-corrected chi connectivity index (χ0v) is 24.6. The van der Waals surface area contributed by atoms with Gasteiger partial charge in [-0.2, -0.15) is 0 Å². The second-order valence-electron chi connectivity index (χ2n) is 10.6. The number of carboxylic acid groups (broad SMARTS) is 1. The number of rotatable bonds is 6. The number of sulfonamides is 1. The summed E-state index contributed by atoms with van der Waals surface area (Å²) < 4.78 is 72.8. The molecule has 1 N–H and O–H groups in total. The predicted molar refractivity (Wildman–Crippen MR) is 162 cm³/mol. The molecule has 1 aliphatic heterocycles. The van der Waals surface area contributed by atoms with Gasteiger partial charge >= 0.3 is 5.97 Å². The van der Waals surface area contributed by atoms with Gasteiger partial charge in [-0.3, -0.25) is 4.79 Å². The van der Waals surface area contributed by atoms with Gasteiger partial charge in [-0.1, -0.05) is 0 Å². The first-order valence-corrected chi connectivity index (χ1v) is 15.5. The third-order valence-electron chi connectivity index (χ3n) is 7.75. The number of hydrogen-bond donors (Lipinski definition) is 1. The van der Waals surface area contributed by atoms with Gasteiger partial charge in [0.2, 0.25) is 5.43 Å². The largest absolute Gasteiger partial charge is 0.477 e. The molecule has 4 aromatic rings. The maximum Gasteiger partial charge on any atom is 0.341 e. The van der Waals surface area contributed by atoms with E-state index in [0.717, 1.165) is 59.6 Å². The Hall–Kier alpha value is -4.43. The van der Waals surface area contributed by atoms with Crippen LogP contribution in [-0.2, 0) is 10.0 Å². The van der Waals surface area contributed by atoms with Crippen LogP contribution >= 0.6 is 12.2 Å². The number of pyridine rings is 1. The lowest BCUT2D eigenvalue weighted by Crippen LogP contribution is -2.54. The molecule has 1 saturated heterocycles. The molecule has 44 heavy (non-hydrogen) atoms. The van der Waals surface area contributed by atoms with Crippen LogP contribution < -0.4 is 14.6 Å². The van der Waals surface area contributed by atoms with Crippen molar-refractivity contribution in [2.75, 3.05) is 35.4 Å². The Morgan fingerprint density at radius 1 is 0.909 bits per heavy atom. The van der Waals surface area contributed by atoms with E-state index in [1.54, 1.807) is 20.4 Å². The predicted octanol–water partition coefficient (Wildman–Crippen LogP) is 4.75. The van der Waals surface area contributed by atoms with Gasteiger partial charge in [0, 0.05) is 43.8 Å². The van der Waals surface area contributed by atoms with Crippen LogP contribution in [0.2, 0.25) is 0 Å². The Morgan fingerprint density at radius 2 is 1.50 bits per heavy atom. The standard InChI is InChI=1S/C30H25F3N4O5S2/c31-18-1-5-21(6-2-18)37(44(41,42)22-9-3-19(32)4-10-22)30(43)35-13-11-34(12-14-35)27-16-26-23(15-25(27)33)28(38)24(29(39)40)17-36(26)20-7-8-20/h1-6,9-10,15-17,20H,7-8,11-14H2,(H,39,40). The van der Waals surface area contributed by atoms with E-state index in [0.29, 0.717) is 5.52 Å². The number of piperazine rings is 1. The van der Waals surface area contributed by atoms with Gasteiger partial charge in [0.05, 0.1) is 21.8 Å². The van der Waals surface area contributed by atoms with Crippen molar-refractivity contribution < 1.29 is 31.5 Å². The van der Waals surface area contributed by atoms with Crippen LogP contribution in [0.3, 0.4) is 0 Å². The number of nitrogens with zero attached hydrogens (tertiary/aromatic N) is 4. The van der Waals surface area contributed by atoms with E-state index in [1.807, 2.05) is 0 Å². The Labute approximate surface area is 255 Å². The van der Waals surface area contributed by atoms with E-state index in [-0.39, 0.29) is 59.0 Å². The lowest BCUT2D eigenvalue weighted by atomic mass is 10.1. The Balaban J connectivity index is 1.29. The number of aromatic carboxylic acids is 1. The molecule has 0 bridgehead atoms. The fourth-order valence-corrected chi connectivity index (χ4v) is 7.31. The van der Waals surface area contributed by atoms with Crippen molar-refractivity contribution in [2.45, 2.75) is 23.8 Å². The average molecular weight is 643 g/mol. The molecule has 0 spiro atoms. The van der Waals surface area contributed by atoms with Gasteiger partial charge in [0.1, 0.15) is 23.0 Å². The van der Waals surface area contributed by atoms with Gasteiger partial charge in [0.25, 0.3) is 10.0 Å². The quantitative estimate of drug-likeness (QED) is 0.301. The molecule has 6 rings (SSSR count). The maximum absolute atomic E-state index is 15.5. The summed E-state index contributed by atoms with van der Waals surface area (Å²) in [5.41, 5.74) is -0.435. The zero-order valence-electron chi connectivity index (χ0n) is 23.0. The smallest absolute Gasteiger partial charge is 0.341 e. The summed E-state index contributed by atoms with van der Waals surface area (Å²) in [5.74, 6) is -3.26. The summed E-state index contributed by atoms with van der Waals surface area (Å²) in [4.78, 5) is 27.7. The maximum atomic E-state index is 15.5. The van der Waals surface area contributed by atoms with Crippen LogP contribution in [0.4, 0.5) is 24.5 Å². The highest BCUT2D eigenvalue weighted by Gasteiger charge is 2.34. The van der Waals surface area contributed by atoms with Crippen LogP contribution in [0.1, 0.15) is 29.2 Å². The number of benzene rings is 3. The third-order valence-corrected chi connectivity index (χ3v) is 10.0. The Kier molecular flexibility index (Phi) is 7.58. The number of thiocarbonyl (C=S) groups is 1. The fraction of sp³-hybridized carbons (Fsp3) is 0.233. The minimum Gasteiger partial charge on any atom is -0.477 e. The minimum absolute atomic E-state index is 0.0150. The van der Waals surface area contributed by atoms with E-state index in [9.17, 15) is 31.9 Å². The van der Waals surface area contributed by atoms with E-state index < -0.39 is 44.4 Å². The van der Waals surface area contributed by atoms with Crippen LogP contribution in [0.25, 0.3) is 10.9 Å². The molecule has 2 aliphatic rings. The van der Waals surface area contributed by atoms with E-state index in [1.165, 1.54) is 18.3 Å². The number of anilines is 2. The Bertz CT molecular complexity index is 1960. The normalized spacial score (nSPS) is 15.4. The minimum atomic E-state index is -4.34. The SMILES string of the molecule is O=C(O)c1cn(C2CC2)c2cc(N3CCN(C(=S)N(c4ccc(F)cc4)S(=O)(=O)c4ccc(F)cc4)CC3)c(F)cc2c1=O. The molecule has 0 amide bonds. The summed E-state index contributed by atoms with van der Waals surface area (Å²) in [6, 6.07) is 11.7. The molecule has 1 saturated carbocycles. The molecule has 3 aromatic carbocycles. The highest BCUT2D eigenvalue weighted by Crippen LogP contribution is 2.38. The molecule has 228 valence electrons. The molecule has 1 aromatic heterocycles. The number of halogens is 3.